The Kier molecular flexibility index (Phi) is 4.10. The van der Waals surface area contributed by atoms with E-state index in [-0.39, 0.29) is 17.3 Å². The van der Waals surface area contributed by atoms with Crippen molar-refractivity contribution in [1.82, 2.24) is 5.32 Å². The lowest BCUT2D eigenvalue weighted by atomic mass is 9.94. The van der Waals surface area contributed by atoms with Crippen LogP contribution in [0.4, 0.5) is 0 Å². The number of rotatable bonds is 5. The zero-order valence-electron chi connectivity index (χ0n) is 12.8. The van der Waals surface area contributed by atoms with Gasteiger partial charge in [0.15, 0.2) is 0 Å². The molecule has 3 rings (SSSR count). The van der Waals surface area contributed by atoms with E-state index in [1.54, 1.807) is 24.3 Å². The molecule has 0 saturated heterocycles. The quantitative estimate of drug-likeness (QED) is 0.398. The van der Waals surface area contributed by atoms with E-state index < -0.39 is 11.8 Å². The third kappa shape index (κ3) is 2.82. The molecule has 0 aromatic heterocycles. The van der Waals surface area contributed by atoms with Crippen LogP contribution in [0.25, 0.3) is 10.8 Å². The lowest BCUT2D eigenvalue weighted by Crippen LogP contribution is -2.35. The Morgan fingerprint density at radius 1 is 1.09 bits per heavy atom. The molecule has 0 aliphatic carbocycles. The lowest BCUT2D eigenvalue weighted by molar-refractivity contribution is -0.134. The summed E-state index contributed by atoms with van der Waals surface area (Å²) in [5, 5.41) is 3.60. The Bertz CT molecular complexity index is 810. The highest BCUT2D eigenvalue weighted by Gasteiger charge is 2.28. The van der Waals surface area contributed by atoms with Crippen LogP contribution in [0.1, 0.15) is 53.3 Å². The minimum absolute atomic E-state index is 0.205. The first-order chi connectivity index (χ1) is 11.1. The molecule has 2 aromatic carbocycles. The number of benzene rings is 2. The Balaban J connectivity index is 2.00. The number of ether oxygens (including phenoxy) is 1. The van der Waals surface area contributed by atoms with E-state index in [4.69, 9.17) is 4.74 Å². The Morgan fingerprint density at radius 2 is 1.91 bits per heavy atom. The number of hydrogen-bond donors (Lipinski definition) is 1. The largest absolute Gasteiger partial charge is 0.426 e. The van der Waals surface area contributed by atoms with Crippen LogP contribution in [0.5, 0.6) is 5.75 Å². The molecule has 1 N–H and O–H groups in total. The molecule has 5 nitrogen and oxygen atoms in total. The van der Waals surface area contributed by atoms with Crippen molar-refractivity contribution in [3.8, 4) is 5.75 Å². The summed E-state index contributed by atoms with van der Waals surface area (Å²) in [6.07, 6.45) is 3.04. The minimum atomic E-state index is -0.532. The van der Waals surface area contributed by atoms with Gasteiger partial charge in [0.1, 0.15) is 5.75 Å². The van der Waals surface area contributed by atoms with E-state index in [9.17, 15) is 14.4 Å². The Morgan fingerprint density at radius 3 is 2.70 bits per heavy atom. The second-order valence-corrected chi connectivity index (χ2v) is 5.56. The van der Waals surface area contributed by atoms with E-state index in [1.165, 1.54) is 0 Å². The molecule has 23 heavy (non-hydrogen) atoms. The van der Waals surface area contributed by atoms with E-state index in [0.717, 1.165) is 24.6 Å². The monoisotopic (exact) mass is 311 g/mol. The Labute approximate surface area is 133 Å². The molecule has 2 aromatic rings. The topological polar surface area (TPSA) is 72.5 Å². The molecular formula is C18H17NO4. The Hall–Kier alpha value is -2.69. The van der Waals surface area contributed by atoms with Crippen LogP contribution in [0.3, 0.4) is 0 Å². The molecule has 0 radical (unpaired) electrons. The summed E-state index contributed by atoms with van der Waals surface area (Å²) < 4.78 is 5.37. The van der Waals surface area contributed by atoms with Gasteiger partial charge in [0.2, 0.25) is 0 Å². The van der Waals surface area contributed by atoms with Gasteiger partial charge in [-0.3, -0.25) is 19.7 Å². The smallest absolute Gasteiger partial charge is 0.311 e. The predicted molar refractivity (Wildman–Crippen MR) is 85.5 cm³/mol. The summed E-state index contributed by atoms with van der Waals surface area (Å²) in [5.74, 6) is -1.12. The molecule has 1 aliphatic heterocycles. The minimum Gasteiger partial charge on any atom is -0.426 e. The van der Waals surface area contributed by atoms with Gasteiger partial charge in [-0.1, -0.05) is 38.0 Å². The fourth-order valence-electron chi connectivity index (χ4n) is 2.79. The predicted octanol–water partition coefficient (Wildman–Crippen LogP) is 3.21. The highest BCUT2D eigenvalue weighted by molar-refractivity contribution is 6.26. The molecule has 1 aliphatic rings. The molecule has 0 bridgehead atoms. The first kappa shape index (κ1) is 15.2. The first-order valence-corrected chi connectivity index (χ1v) is 7.74. The van der Waals surface area contributed by atoms with Gasteiger partial charge in [-0.15, -0.1) is 0 Å². The average molecular weight is 311 g/mol. The molecule has 0 saturated carbocycles. The third-order valence-electron chi connectivity index (χ3n) is 3.91. The van der Waals surface area contributed by atoms with Crippen molar-refractivity contribution in [3.63, 3.8) is 0 Å². The number of amides is 2. The van der Waals surface area contributed by atoms with Crippen LogP contribution in [-0.4, -0.2) is 17.8 Å². The molecule has 2 amide bonds. The summed E-state index contributed by atoms with van der Waals surface area (Å²) in [4.78, 5) is 36.1. The number of hydrogen-bond acceptors (Lipinski definition) is 4. The molecule has 5 heteroatoms. The summed E-state index contributed by atoms with van der Waals surface area (Å²) in [5.41, 5.74) is 0.669. The van der Waals surface area contributed by atoms with Crippen molar-refractivity contribution in [2.24, 2.45) is 0 Å². The van der Waals surface area contributed by atoms with Gasteiger partial charge in [-0.25, -0.2) is 0 Å². The van der Waals surface area contributed by atoms with Crippen LogP contribution in [0, 0.1) is 0 Å². The van der Waals surface area contributed by atoms with Gasteiger partial charge >= 0.3 is 5.97 Å². The van der Waals surface area contributed by atoms with Crippen LogP contribution >= 0.6 is 0 Å². The van der Waals surface area contributed by atoms with Gasteiger partial charge in [0, 0.05) is 17.4 Å². The van der Waals surface area contributed by atoms with Crippen molar-refractivity contribution < 1.29 is 19.1 Å². The lowest BCUT2D eigenvalue weighted by Gasteiger charge is -2.19. The van der Waals surface area contributed by atoms with Crippen LogP contribution in [0.2, 0.25) is 0 Å². The normalized spacial score (nSPS) is 13.1. The molecule has 1 heterocycles. The van der Waals surface area contributed by atoms with Crippen molar-refractivity contribution in [2.45, 2.75) is 32.6 Å². The second-order valence-electron chi connectivity index (χ2n) is 5.56. The fourth-order valence-corrected chi connectivity index (χ4v) is 2.79. The SMILES string of the molecule is CCCCCC(=O)Oc1ccc2cccc3c2c1C(=O)NC3=O. The maximum absolute atomic E-state index is 12.2. The molecule has 0 spiro atoms. The maximum Gasteiger partial charge on any atom is 0.311 e. The fraction of sp³-hybridized carbons (Fsp3) is 0.278. The standard InChI is InChI=1S/C18H17NO4/c1-2-3-4-8-14(20)23-13-10-9-11-6-5-7-12-15(11)16(13)18(22)19-17(12)21/h5-7,9-10H,2-4,8H2,1H3,(H,19,21,22). The van der Waals surface area contributed by atoms with Crippen molar-refractivity contribution in [1.29, 1.82) is 0 Å². The van der Waals surface area contributed by atoms with E-state index in [2.05, 4.69) is 12.2 Å². The summed E-state index contributed by atoms with van der Waals surface area (Å²) in [6, 6.07) is 8.59. The highest BCUT2D eigenvalue weighted by atomic mass is 16.5. The second kappa shape index (κ2) is 6.20. The van der Waals surface area contributed by atoms with Crippen molar-refractivity contribution in [3.05, 3.63) is 41.5 Å². The first-order valence-electron chi connectivity index (χ1n) is 7.74. The summed E-state index contributed by atoms with van der Waals surface area (Å²) >= 11 is 0. The van der Waals surface area contributed by atoms with Gasteiger partial charge in [-0.05, 0) is 23.9 Å². The highest BCUT2D eigenvalue weighted by Crippen LogP contribution is 2.33. The molecule has 118 valence electrons. The van der Waals surface area contributed by atoms with Crippen LogP contribution < -0.4 is 10.1 Å². The summed E-state index contributed by atoms with van der Waals surface area (Å²) in [7, 11) is 0. The number of carbonyl (C=O) groups is 3. The summed E-state index contributed by atoms with van der Waals surface area (Å²) in [6.45, 7) is 2.06. The maximum atomic E-state index is 12.2. The molecule has 0 unspecified atom stereocenters. The average Bonchev–Trinajstić information content (AvgIpc) is 2.53. The van der Waals surface area contributed by atoms with Gasteiger partial charge in [0.25, 0.3) is 11.8 Å². The molecule has 0 atom stereocenters. The molecule has 0 fully saturated rings. The van der Waals surface area contributed by atoms with Gasteiger partial charge < -0.3 is 4.74 Å². The number of nitrogens with one attached hydrogen (secondary N) is 1. The van der Waals surface area contributed by atoms with E-state index >= 15 is 0 Å². The third-order valence-corrected chi connectivity index (χ3v) is 3.91. The van der Waals surface area contributed by atoms with Crippen molar-refractivity contribution in [2.75, 3.05) is 0 Å². The van der Waals surface area contributed by atoms with Crippen LogP contribution in [-0.2, 0) is 4.79 Å². The number of unbranched alkanes of at least 4 members (excludes halogenated alkanes) is 2. The zero-order chi connectivity index (χ0) is 16.4. The number of carbonyl (C=O) groups excluding carboxylic acids is 3. The van der Waals surface area contributed by atoms with Gasteiger partial charge in [0.05, 0.1) is 5.56 Å². The van der Waals surface area contributed by atoms with Crippen LogP contribution in [0.15, 0.2) is 30.3 Å². The number of esters is 1. The number of imide groups is 1. The van der Waals surface area contributed by atoms with Gasteiger partial charge in [-0.2, -0.15) is 0 Å². The van der Waals surface area contributed by atoms with E-state index in [1.807, 2.05) is 6.07 Å². The van der Waals surface area contributed by atoms with E-state index in [0.29, 0.717) is 17.4 Å². The zero-order valence-corrected chi connectivity index (χ0v) is 12.8. The molecular weight excluding hydrogens is 294 g/mol. The van der Waals surface area contributed by atoms with Crippen molar-refractivity contribution >= 4 is 28.6 Å².